The average molecular weight is 542 g/mol. The molecule has 0 fully saturated rings. The van der Waals surface area contributed by atoms with Crippen molar-refractivity contribution in [2.75, 3.05) is 0 Å². The number of aryl methyl sites for hydroxylation is 3. The average Bonchev–Trinajstić information content (AvgIpc) is 3.21. The zero-order chi connectivity index (χ0) is 28.8. The summed E-state index contributed by atoms with van der Waals surface area (Å²) in [6.07, 6.45) is 2.01. The number of benzene rings is 4. The van der Waals surface area contributed by atoms with Crippen molar-refractivity contribution in [3.8, 4) is 22.9 Å². The van der Waals surface area contributed by atoms with E-state index in [1.807, 2.05) is 0 Å². The maximum Gasteiger partial charge on any atom is 0.339 e. The molecule has 0 bridgehead atoms. The molecule has 208 valence electrons. The third-order valence-corrected chi connectivity index (χ3v) is 8.22. The molecule has 0 aliphatic carbocycles. The van der Waals surface area contributed by atoms with E-state index >= 15 is 0 Å². The van der Waals surface area contributed by atoms with Crippen LogP contribution in [-0.2, 0) is 19.9 Å². The van der Waals surface area contributed by atoms with Crippen LogP contribution in [0.4, 0.5) is 0 Å². The number of rotatable bonds is 7. The molecule has 0 unspecified atom stereocenters. The summed E-state index contributed by atoms with van der Waals surface area (Å²) in [5, 5.41) is 3.79. The molecule has 0 saturated carbocycles. The molecule has 0 aliphatic heterocycles. The summed E-state index contributed by atoms with van der Waals surface area (Å²) in [7, 11) is 2.17. The minimum atomic E-state index is 0.531. The van der Waals surface area contributed by atoms with Gasteiger partial charge in [-0.25, -0.2) is 0 Å². The number of pyridine rings is 1. The first-order valence-corrected chi connectivity index (χ1v) is 14.9. The highest BCUT2D eigenvalue weighted by Crippen LogP contribution is 2.43. The molecule has 3 nitrogen and oxygen atoms in total. The van der Waals surface area contributed by atoms with Gasteiger partial charge in [0, 0.05) is 16.3 Å². The van der Waals surface area contributed by atoms with Gasteiger partial charge in [0.05, 0.1) is 12.4 Å². The Labute approximate surface area is 244 Å². The number of aromatic nitrogens is 2. The Kier molecular flexibility index (Phi) is 7.07. The van der Waals surface area contributed by atoms with Crippen LogP contribution in [0.1, 0.15) is 49.9 Å². The van der Waals surface area contributed by atoms with E-state index in [0.29, 0.717) is 11.8 Å². The summed E-state index contributed by atoms with van der Waals surface area (Å²) in [6, 6.07) is 30.7. The molecule has 6 aromatic rings. The Bertz CT molecular complexity index is 1880. The van der Waals surface area contributed by atoms with Crippen LogP contribution in [0.15, 0.2) is 84.9 Å². The van der Waals surface area contributed by atoms with Crippen molar-refractivity contribution >= 4 is 27.3 Å². The standard InChI is InChI=1S/C38H41N2O/c1-24(2)22-28-16-13-17-29(23-25(3)4)35(28)36-38(41-33-21-11-8-14-26(33)5)39(7)37-34-27(6)15-12-19-31(34)30-18-9-10-20-32(30)40(36)37/h8-21,24-25H,22-23H2,1-7H3/q+1. The second-order valence-corrected chi connectivity index (χ2v) is 12.4. The van der Waals surface area contributed by atoms with Gasteiger partial charge < -0.3 is 4.74 Å². The summed E-state index contributed by atoms with van der Waals surface area (Å²) in [4.78, 5) is 0. The molecular weight excluding hydrogens is 500 g/mol. The Morgan fingerprint density at radius 2 is 1.27 bits per heavy atom. The predicted octanol–water partition coefficient (Wildman–Crippen LogP) is 9.54. The van der Waals surface area contributed by atoms with E-state index in [9.17, 15) is 0 Å². The molecule has 0 radical (unpaired) electrons. The van der Waals surface area contributed by atoms with E-state index in [1.165, 1.54) is 43.9 Å². The summed E-state index contributed by atoms with van der Waals surface area (Å²) < 4.78 is 11.8. The molecule has 4 aromatic carbocycles. The van der Waals surface area contributed by atoms with Crippen LogP contribution in [-0.4, -0.2) is 4.40 Å². The van der Waals surface area contributed by atoms with E-state index in [0.717, 1.165) is 41.4 Å². The van der Waals surface area contributed by atoms with Crippen molar-refractivity contribution in [1.29, 1.82) is 0 Å². The summed E-state index contributed by atoms with van der Waals surface area (Å²) in [5.74, 6) is 2.82. The lowest BCUT2D eigenvalue weighted by Gasteiger charge is -2.17. The van der Waals surface area contributed by atoms with Gasteiger partial charge in [0.1, 0.15) is 11.3 Å². The lowest BCUT2D eigenvalue weighted by Crippen LogP contribution is -2.29. The van der Waals surface area contributed by atoms with Gasteiger partial charge in [0.2, 0.25) is 5.69 Å². The zero-order valence-corrected chi connectivity index (χ0v) is 25.5. The van der Waals surface area contributed by atoms with Crippen LogP contribution in [0, 0.1) is 25.7 Å². The number of para-hydroxylation sites is 2. The zero-order valence-electron chi connectivity index (χ0n) is 25.5. The summed E-state index contributed by atoms with van der Waals surface area (Å²) in [6.45, 7) is 13.6. The normalized spacial score (nSPS) is 11.9. The fourth-order valence-corrected chi connectivity index (χ4v) is 6.49. The first kappa shape index (κ1) is 27.1. The molecule has 3 heteroatoms. The van der Waals surface area contributed by atoms with E-state index in [1.54, 1.807) is 0 Å². The molecule has 0 saturated heterocycles. The quantitative estimate of drug-likeness (QED) is 0.145. The summed E-state index contributed by atoms with van der Waals surface area (Å²) >= 11 is 0. The second kappa shape index (κ2) is 10.7. The Morgan fingerprint density at radius 3 is 1.95 bits per heavy atom. The molecule has 41 heavy (non-hydrogen) atoms. The maximum absolute atomic E-state index is 7.01. The second-order valence-electron chi connectivity index (χ2n) is 12.4. The fourth-order valence-electron chi connectivity index (χ4n) is 6.49. The molecule has 0 N–H and O–H groups in total. The van der Waals surface area contributed by atoms with Crippen LogP contribution in [0.25, 0.3) is 38.6 Å². The van der Waals surface area contributed by atoms with Crippen molar-refractivity contribution < 1.29 is 9.30 Å². The minimum absolute atomic E-state index is 0.531. The predicted molar refractivity (Wildman–Crippen MR) is 172 cm³/mol. The highest BCUT2D eigenvalue weighted by atomic mass is 16.5. The molecule has 2 aromatic heterocycles. The molecule has 0 aliphatic rings. The van der Waals surface area contributed by atoms with Gasteiger partial charge in [0.15, 0.2) is 0 Å². The number of fused-ring (bicyclic) bond motifs is 6. The topological polar surface area (TPSA) is 17.5 Å². The van der Waals surface area contributed by atoms with Crippen LogP contribution in [0.3, 0.4) is 0 Å². The number of ether oxygens (including phenoxy) is 1. The van der Waals surface area contributed by atoms with E-state index in [-0.39, 0.29) is 0 Å². The third-order valence-electron chi connectivity index (χ3n) is 8.22. The van der Waals surface area contributed by atoms with Gasteiger partial charge >= 0.3 is 5.88 Å². The third kappa shape index (κ3) is 4.68. The van der Waals surface area contributed by atoms with Gasteiger partial charge in [-0.3, -0.25) is 0 Å². The molecule has 6 rings (SSSR count). The highest BCUT2D eigenvalue weighted by Gasteiger charge is 2.34. The summed E-state index contributed by atoms with van der Waals surface area (Å²) in [5.41, 5.74) is 9.94. The lowest BCUT2D eigenvalue weighted by atomic mass is 9.89. The van der Waals surface area contributed by atoms with Crippen molar-refractivity contribution in [3.63, 3.8) is 0 Å². The van der Waals surface area contributed by atoms with Crippen LogP contribution in [0.2, 0.25) is 0 Å². The molecule has 0 atom stereocenters. The molecule has 2 heterocycles. The van der Waals surface area contributed by atoms with Crippen molar-refractivity contribution in [2.24, 2.45) is 18.9 Å². The monoisotopic (exact) mass is 541 g/mol. The highest BCUT2D eigenvalue weighted by molar-refractivity contribution is 6.13. The smallest absolute Gasteiger partial charge is 0.339 e. The van der Waals surface area contributed by atoms with Gasteiger partial charge in [0.25, 0.3) is 5.65 Å². The molecule has 0 amide bonds. The van der Waals surface area contributed by atoms with Crippen molar-refractivity contribution in [2.45, 2.75) is 54.4 Å². The largest absolute Gasteiger partial charge is 0.420 e. The van der Waals surface area contributed by atoms with Crippen LogP contribution in [0.5, 0.6) is 11.6 Å². The Balaban J connectivity index is 1.86. The van der Waals surface area contributed by atoms with Gasteiger partial charge in [-0.15, -0.1) is 0 Å². The van der Waals surface area contributed by atoms with Crippen LogP contribution >= 0.6 is 0 Å². The van der Waals surface area contributed by atoms with E-state index in [4.69, 9.17) is 4.74 Å². The lowest BCUT2D eigenvalue weighted by molar-refractivity contribution is -0.648. The fraction of sp³-hybridized carbons (Fsp3) is 0.289. The van der Waals surface area contributed by atoms with Crippen molar-refractivity contribution in [1.82, 2.24) is 4.40 Å². The van der Waals surface area contributed by atoms with Crippen molar-refractivity contribution in [3.05, 3.63) is 107 Å². The molecular formula is C38H41N2O+. The van der Waals surface area contributed by atoms with Gasteiger partial charge in [-0.1, -0.05) is 100 Å². The molecule has 0 spiro atoms. The minimum Gasteiger partial charge on any atom is -0.420 e. The number of nitrogens with zero attached hydrogens (tertiary/aromatic N) is 2. The maximum atomic E-state index is 7.01. The number of hydrogen-bond donors (Lipinski definition) is 0. The number of imidazole rings is 1. The van der Waals surface area contributed by atoms with Gasteiger partial charge in [-0.05, 0) is 72.9 Å². The Hall–Kier alpha value is -4.11. The first-order valence-electron chi connectivity index (χ1n) is 14.9. The first-order chi connectivity index (χ1) is 19.8. The SMILES string of the molecule is Cc1ccccc1Oc1c(-c2c(CC(C)C)cccc2CC(C)C)n2c3ccccc3c3cccc(C)c3c2[n+]1C. The van der Waals surface area contributed by atoms with E-state index in [2.05, 4.69) is 142 Å². The van der Waals surface area contributed by atoms with Gasteiger partial charge in [-0.2, -0.15) is 8.97 Å². The Morgan fingerprint density at radius 1 is 0.683 bits per heavy atom. The number of hydrogen-bond acceptors (Lipinski definition) is 1. The van der Waals surface area contributed by atoms with E-state index < -0.39 is 0 Å². The van der Waals surface area contributed by atoms with Crippen LogP contribution < -0.4 is 9.30 Å².